The minimum Gasteiger partial charge on any atom is -0.378 e. The van der Waals surface area contributed by atoms with Crippen molar-refractivity contribution in [1.82, 2.24) is 4.90 Å². The highest BCUT2D eigenvalue weighted by atomic mass is 32.2. The van der Waals surface area contributed by atoms with Gasteiger partial charge in [0.15, 0.2) is 0 Å². The molecule has 1 aliphatic rings. The first-order chi connectivity index (χ1) is 6.74. The molecule has 1 aliphatic heterocycles. The summed E-state index contributed by atoms with van der Waals surface area (Å²) in [5.41, 5.74) is 1.03. The van der Waals surface area contributed by atoms with Crippen molar-refractivity contribution in [3.8, 4) is 12.3 Å². The maximum Gasteiger partial charge on any atom is 0.0885 e. The second kappa shape index (κ2) is 5.84. The molecule has 1 rings (SSSR count). The summed E-state index contributed by atoms with van der Waals surface area (Å²) in [5, 5.41) is 1.73. The molecule has 0 radical (unpaired) electrons. The van der Waals surface area contributed by atoms with Crippen LogP contribution < -0.4 is 0 Å². The monoisotopic (exact) mass is 213 g/mol. The Bertz CT molecular complexity index is 274. The predicted molar refractivity (Wildman–Crippen MR) is 58.0 cm³/mol. The Morgan fingerprint density at radius 3 is 2.86 bits per heavy atom. The van der Waals surface area contributed by atoms with Gasteiger partial charge in [-0.3, -0.25) is 4.21 Å². The van der Waals surface area contributed by atoms with Crippen LogP contribution in [0.5, 0.6) is 0 Å². The summed E-state index contributed by atoms with van der Waals surface area (Å²) in [5.74, 6) is 2.68. The molecule has 1 atom stereocenters. The smallest absolute Gasteiger partial charge is 0.0885 e. The van der Waals surface area contributed by atoms with Gasteiger partial charge in [-0.2, -0.15) is 0 Å². The number of hydrogen-bond acceptors (Lipinski definition) is 3. The lowest BCUT2D eigenvalue weighted by Gasteiger charge is -2.29. The predicted octanol–water partition coefficient (Wildman–Crippen LogP) is 0.562. The van der Waals surface area contributed by atoms with Crippen LogP contribution in [0, 0.1) is 12.3 Å². The van der Waals surface area contributed by atoms with Crippen LogP contribution >= 0.6 is 0 Å². The molecule has 0 aromatic rings. The van der Waals surface area contributed by atoms with Gasteiger partial charge in [-0.25, -0.2) is 0 Å². The van der Waals surface area contributed by atoms with Crippen molar-refractivity contribution >= 4 is 10.8 Å². The fraction of sp³-hybridized carbons (Fsp3) is 0.600. The van der Waals surface area contributed by atoms with Gasteiger partial charge in [-0.1, -0.05) is 5.92 Å². The third kappa shape index (κ3) is 3.52. The molecule has 0 N–H and O–H groups in total. The number of terminal acetylenes is 1. The van der Waals surface area contributed by atoms with Gasteiger partial charge in [-0.05, 0) is 6.92 Å². The first kappa shape index (κ1) is 11.3. The van der Waals surface area contributed by atoms with Crippen molar-refractivity contribution in [2.24, 2.45) is 0 Å². The Balaban J connectivity index is 2.50. The van der Waals surface area contributed by atoms with Gasteiger partial charge in [0.1, 0.15) is 0 Å². The molecule has 4 heteroatoms. The Hall–Kier alpha value is -0.790. The van der Waals surface area contributed by atoms with Gasteiger partial charge >= 0.3 is 0 Å². The Kier molecular flexibility index (Phi) is 4.71. The summed E-state index contributed by atoms with van der Waals surface area (Å²) >= 11 is 0. The molecule has 1 heterocycles. The van der Waals surface area contributed by atoms with Gasteiger partial charge in [-0.15, -0.1) is 6.42 Å². The number of allylic oxidation sites excluding steroid dienone is 1. The summed E-state index contributed by atoms with van der Waals surface area (Å²) in [7, 11) is -1.03. The van der Waals surface area contributed by atoms with Crippen LogP contribution in [0.2, 0.25) is 0 Å². The van der Waals surface area contributed by atoms with Crippen LogP contribution in [0.4, 0.5) is 0 Å². The van der Waals surface area contributed by atoms with Gasteiger partial charge in [0, 0.05) is 24.2 Å². The summed E-state index contributed by atoms with van der Waals surface area (Å²) in [4.78, 5) is 2.16. The quantitative estimate of drug-likeness (QED) is 0.642. The molecular weight excluding hydrogens is 198 g/mol. The van der Waals surface area contributed by atoms with E-state index in [1.54, 1.807) is 5.41 Å². The molecule has 0 saturated carbocycles. The molecule has 1 saturated heterocycles. The van der Waals surface area contributed by atoms with Crippen LogP contribution in [0.25, 0.3) is 0 Å². The van der Waals surface area contributed by atoms with E-state index in [1.807, 2.05) is 6.92 Å². The van der Waals surface area contributed by atoms with Crippen molar-refractivity contribution in [2.45, 2.75) is 6.92 Å². The van der Waals surface area contributed by atoms with E-state index < -0.39 is 10.8 Å². The highest BCUT2D eigenvalue weighted by molar-refractivity contribution is 7.88. The largest absolute Gasteiger partial charge is 0.378 e. The number of nitrogens with zero attached hydrogens (tertiary/aromatic N) is 1. The number of ether oxygens (including phenoxy) is 1. The lowest BCUT2D eigenvalue weighted by Crippen LogP contribution is -2.34. The molecule has 0 bridgehead atoms. The molecule has 0 aromatic heterocycles. The van der Waals surface area contributed by atoms with E-state index in [1.165, 1.54) is 0 Å². The second-order valence-electron chi connectivity index (χ2n) is 3.09. The highest BCUT2D eigenvalue weighted by Gasteiger charge is 2.10. The zero-order valence-electron chi connectivity index (χ0n) is 8.36. The number of morpholine rings is 1. The second-order valence-corrected chi connectivity index (χ2v) is 4.37. The first-order valence-electron chi connectivity index (χ1n) is 4.56. The van der Waals surface area contributed by atoms with Gasteiger partial charge < -0.3 is 9.64 Å². The maximum absolute atomic E-state index is 11.3. The molecule has 14 heavy (non-hydrogen) atoms. The summed E-state index contributed by atoms with van der Waals surface area (Å²) < 4.78 is 16.6. The number of hydrogen-bond donors (Lipinski definition) is 0. The zero-order chi connectivity index (χ0) is 10.4. The van der Waals surface area contributed by atoms with E-state index in [2.05, 4.69) is 10.8 Å². The van der Waals surface area contributed by atoms with E-state index in [0.29, 0.717) is 5.75 Å². The van der Waals surface area contributed by atoms with Crippen LogP contribution in [-0.2, 0) is 15.5 Å². The standard InChI is InChI=1S/C10H15NO2S/c1-3-8-14(12)9-10(2)11-4-6-13-7-5-11/h1,9H,4-8H2,2H3/b10-9+. The summed E-state index contributed by atoms with van der Waals surface area (Å²) in [6.45, 7) is 5.19. The molecule has 3 nitrogen and oxygen atoms in total. The van der Waals surface area contributed by atoms with Crippen molar-refractivity contribution in [2.75, 3.05) is 32.1 Å². The third-order valence-electron chi connectivity index (χ3n) is 2.04. The SMILES string of the molecule is C#CCS(=O)/C=C(\C)N1CCOCC1. The molecule has 78 valence electrons. The van der Waals surface area contributed by atoms with E-state index in [0.717, 1.165) is 32.0 Å². The third-order valence-corrected chi connectivity index (χ3v) is 3.09. The Morgan fingerprint density at radius 1 is 1.64 bits per heavy atom. The van der Waals surface area contributed by atoms with Gasteiger partial charge in [0.05, 0.1) is 29.8 Å². The molecule has 0 aliphatic carbocycles. The molecule has 0 aromatic carbocycles. The molecule has 0 spiro atoms. The van der Waals surface area contributed by atoms with Crippen molar-refractivity contribution < 1.29 is 8.95 Å². The lowest BCUT2D eigenvalue weighted by atomic mass is 10.4. The topological polar surface area (TPSA) is 29.5 Å². The fourth-order valence-corrected chi connectivity index (χ4v) is 2.08. The molecule has 1 fully saturated rings. The van der Waals surface area contributed by atoms with Crippen LogP contribution in [-0.4, -0.2) is 41.2 Å². The van der Waals surface area contributed by atoms with Crippen molar-refractivity contribution in [3.63, 3.8) is 0 Å². The number of rotatable bonds is 3. The van der Waals surface area contributed by atoms with Gasteiger partial charge in [0.2, 0.25) is 0 Å². The molecular formula is C10H15NO2S. The lowest BCUT2D eigenvalue weighted by molar-refractivity contribution is 0.0539. The molecule has 0 amide bonds. The fourth-order valence-electron chi connectivity index (χ4n) is 1.30. The van der Waals surface area contributed by atoms with Crippen molar-refractivity contribution in [1.29, 1.82) is 0 Å². The average molecular weight is 213 g/mol. The van der Waals surface area contributed by atoms with E-state index >= 15 is 0 Å². The van der Waals surface area contributed by atoms with Crippen LogP contribution in [0.1, 0.15) is 6.92 Å². The summed E-state index contributed by atoms with van der Waals surface area (Å²) in [6.07, 6.45) is 5.08. The van der Waals surface area contributed by atoms with Gasteiger partial charge in [0.25, 0.3) is 0 Å². The first-order valence-corrected chi connectivity index (χ1v) is 5.94. The summed E-state index contributed by atoms with van der Waals surface area (Å²) in [6, 6.07) is 0. The van der Waals surface area contributed by atoms with Crippen molar-refractivity contribution in [3.05, 3.63) is 11.1 Å². The average Bonchev–Trinajstić information content (AvgIpc) is 2.19. The van der Waals surface area contributed by atoms with E-state index in [9.17, 15) is 4.21 Å². The zero-order valence-corrected chi connectivity index (χ0v) is 9.18. The molecule has 1 unspecified atom stereocenters. The van der Waals surface area contributed by atoms with E-state index in [4.69, 9.17) is 11.2 Å². The van der Waals surface area contributed by atoms with Crippen LogP contribution in [0.3, 0.4) is 0 Å². The highest BCUT2D eigenvalue weighted by Crippen LogP contribution is 2.07. The minimum absolute atomic E-state index is 0.293. The minimum atomic E-state index is -1.03. The van der Waals surface area contributed by atoms with Crippen LogP contribution in [0.15, 0.2) is 11.1 Å². The Labute approximate surface area is 87.6 Å². The maximum atomic E-state index is 11.3. The normalized spacial score (nSPS) is 20.3. The van der Waals surface area contributed by atoms with E-state index in [-0.39, 0.29) is 0 Å². The Morgan fingerprint density at radius 2 is 2.29 bits per heavy atom.